The summed E-state index contributed by atoms with van der Waals surface area (Å²) in [5.41, 5.74) is 5.77. The number of rotatable bonds is 9. The molecule has 0 bridgehead atoms. The average Bonchev–Trinajstić information content (AvgIpc) is 3.80. The third-order valence-electron chi connectivity index (χ3n) is 12.3. The van der Waals surface area contributed by atoms with Crippen LogP contribution < -0.4 is 5.32 Å². The molecule has 274 valence electrons. The third-order valence-corrected chi connectivity index (χ3v) is 12.3. The molecule has 4 atom stereocenters. The SMILES string of the molecule is C=C(CN[C@@H](C)CC1(c2nn[nH]n2)c2ccc(C(=O)N3CCCCC3)cc2CCc2cc(C(=O)N3CCCCC3)ccc21)N1C(C#N)CC(C)C1C. The number of aromatic amines is 1. The highest BCUT2D eigenvalue weighted by Crippen LogP contribution is 2.47. The van der Waals surface area contributed by atoms with Crippen LogP contribution in [0.25, 0.3) is 0 Å². The van der Waals surface area contributed by atoms with Crippen LogP contribution in [0, 0.1) is 17.2 Å². The number of amides is 2. The molecule has 3 saturated heterocycles. The fraction of sp³-hybridized carbons (Fsp3) is 0.561. The maximum atomic E-state index is 13.8. The Morgan fingerprint density at radius 3 is 2.00 bits per heavy atom. The van der Waals surface area contributed by atoms with Crippen LogP contribution in [0.5, 0.6) is 0 Å². The highest BCUT2D eigenvalue weighted by atomic mass is 16.2. The predicted octanol–water partition coefficient (Wildman–Crippen LogP) is 5.39. The van der Waals surface area contributed by atoms with E-state index >= 15 is 0 Å². The zero-order valence-corrected chi connectivity index (χ0v) is 31.0. The van der Waals surface area contributed by atoms with Crippen molar-refractivity contribution in [2.75, 3.05) is 32.7 Å². The van der Waals surface area contributed by atoms with Gasteiger partial charge in [-0.15, -0.1) is 10.2 Å². The van der Waals surface area contributed by atoms with Crippen molar-refractivity contribution in [2.45, 2.75) is 109 Å². The molecule has 0 spiro atoms. The predicted molar refractivity (Wildman–Crippen MR) is 200 cm³/mol. The molecule has 2 amide bonds. The van der Waals surface area contributed by atoms with Gasteiger partial charge in [0.05, 0.1) is 11.5 Å². The molecular weight excluding hydrogens is 651 g/mol. The first kappa shape index (κ1) is 35.8. The van der Waals surface area contributed by atoms with Crippen LogP contribution in [0.1, 0.15) is 121 Å². The fourth-order valence-electron chi connectivity index (χ4n) is 9.33. The molecular formula is C41H53N9O2. The molecule has 4 aliphatic rings. The monoisotopic (exact) mass is 703 g/mol. The first-order chi connectivity index (χ1) is 25.2. The Balaban J connectivity index is 1.27. The van der Waals surface area contributed by atoms with E-state index in [0.717, 1.165) is 99.1 Å². The van der Waals surface area contributed by atoms with Crippen LogP contribution in [-0.4, -0.2) is 98.0 Å². The van der Waals surface area contributed by atoms with Crippen molar-refractivity contribution in [1.82, 2.24) is 40.6 Å². The molecule has 2 aromatic carbocycles. The minimum atomic E-state index is -0.827. The van der Waals surface area contributed by atoms with Gasteiger partial charge in [0.2, 0.25) is 0 Å². The Labute approximate surface area is 307 Å². The van der Waals surface area contributed by atoms with Crippen molar-refractivity contribution in [3.63, 3.8) is 0 Å². The number of benzene rings is 2. The maximum absolute atomic E-state index is 13.8. The quantitative estimate of drug-likeness (QED) is 0.303. The van der Waals surface area contributed by atoms with Crippen LogP contribution in [0.2, 0.25) is 0 Å². The lowest BCUT2D eigenvalue weighted by Crippen LogP contribution is -2.43. The van der Waals surface area contributed by atoms with Gasteiger partial charge in [-0.25, -0.2) is 0 Å². The molecule has 2 N–H and O–H groups in total. The number of aryl methyl sites for hydroxylation is 2. The Morgan fingerprint density at radius 1 is 0.942 bits per heavy atom. The molecule has 3 aromatic rings. The Kier molecular flexibility index (Phi) is 10.5. The Hall–Kier alpha value is -4.56. The first-order valence-electron chi connectivity index (χ1n) is 19.4. The normalized spacial score (nSPS) is 23.3. The number of likely N-dealkylation sites (tertiary alicyclic amines) is 3. The number of nitrogens with one attached hydrogen (secondary N) is 2. The van der Waals surface area contributed by atoms with E-state index in [9.17, 15) is 14.9 Å². The number of carbonyl (C=O) groups excluding carboxylic acids is 2. The van der Waals surface area contributed by atoms with Gasteiger partial charge in [0, 0.05) is 61.6 Å². The molecule has 0 saturated carbocycles. The summed E-state index contributed by atoms with van der Waals surface area (Å²) in [6, 6.07) is 14.9. The van der Waals surface area contributed by atoms with Gasteiger partial charge in [-0.05, 0) is 130 Å². The van der Waals surface area contributed by atoms with Crippen molar-refractivity contribution in [2.24, 2.45) is 5.92 Å². The van der Waals surface area contributed by atoms with E-state index in [1.54, 1.807) is 0 Å². The minimum Gasteiger partial charge on any atom is -0.355 e. The maximum Gasteiger partial charge on any atom is 0.253 e. The molecule has 11 nitrogen and oxygen atoms in total. The van der Waals surface area contributed by atoms with Gasteiger partial charge in [-0.3, -0.25) is 9.59 Å². The van der Waals surface area contributed by atoms with E-state index in [1.165, 1.54) is 0 Å². The Bertz CT molecular complexity index is 1740. The summed E-state index contributed by atoms with van der Waals surface area (Å²) >= 11 is 0. The van der Waals surface area contributed by atoms with E-state index in [4.69, 9.17) is 0 Å². The van der Waals surface area contributed by atoms with Gasteiger partial charge >= 0.3 is 0 Å². The van der Waals surface area contributed by atoms with Crippen LogP contribution >= 0.6 is 0 Å². The van der Waals surface area contributed by atoms with E-state index in [2.05, 4.69) is 88.5 Å². The van der Waals surface area contributed by atoms with E-state index in [1.807, 2.05) is 21.9 Å². The second-order valence-corrected chi connectivity index (χ2v) is 15.6. The van der Waals surface area contributed by atoms with Gasteiger partial charge in [0.25, 0.3) is 11.8 Å². The van der Waals surface area contributed by atoms with Crippen molar-refractivity contribution in [1.29, 1.82) is 5.26 Å². The van der Waals surface area contributed by atoms with Crippen LogP contribution in [0.15, 0.2) is 48.7 Å². The summed E-state index contributed by atoms with van der Waals surface area (Å²) in [6.07, 6.45) is 9.33. The van der Waals surface area contributed by atoms with Crippen LogP contribution in [-0.2, 0) is 18.3 Å². The topological polar surface area (TPSA) is 134 Å². The number of fused-ring (bicyclic) bond motifs is 2. The molecule has 3 unspecified atom stereocenters. The number of piperidine rings is 2. The lowest BCUT2D eigenvalue weighted by atomic mass is 9.67. The second kappa shape index (κ2) is 15.2. The lowest BCUT2D eigenvalue weighted by molar-refractivity contribution is 0.0717. The standard InChI is InChI=1S/C41H53N9O2/c1-27-21-35(25-42)50(30(27)4)29(3)26-43-28(2)24-41(40-44-46-47-45-40)36-15-13-33(38(51)48-17-7-5-8-18-48)22-31(36)11-12-32-23-34(14-16-37(32)41)39(52)49-19-9-6-10-20-49/h13-16,22-23,27-28,30,35,43H,3,5-12,17-21,24,26H2,1-2,4H3,(H,44,45,46,47)/t27?,28-,30?,35?/m0/s1. The molecule has 3 fully saturated rings. The van der Waals surface area contributed by atoms with Crippen LogP contribution in [0.3, 0.4) is 0 Å². The first-order valence-corrected chi connectivity index (χ1v) is 19.4. The number of tetrazole rings is 1. The molecule has 0 radical (unpaired) electrons. The van der Waals surface area contributed by atoms with Gasteiger partial charge in [0.1, 0.15) is 6.04 Å². The molecule has 1 aliphatic carbocycles. The number of hydrogen-bond donors (Lipinski definition) is 2. The molecule has 3 aliphatic heterocycles. The van der Waals surface area contributed by atoms with Crippen LogP contribution in [0.4, 0.5) is 0 Å². The van der Waals surface area contributed by atoms with Gasteiger partial charge in [-0.2, -0.15) is 10.5 Å². The summed E-state index contributed by atoms with van der Waals surface area (Å²) < 4.78 is 0. The van der Waals surface area contributed by atoms with Crippen molar-refractivity contribution >= 4 is 11.8 Å². The van der Waals surface area contributed by atoms with Crippen molar-refractivity contribution < 1.29 is 9.59 Å². The summed E-state index contributed by atoms with van der Waals surface area (Å²) in [5.74, 6) is 1.14. The zero-order valence-electron chi connectivity index (χ0n) is 31.0. The van der Waals surface area contributed by atoms with Crippen molar-refractivity contribution in [3.05, 3.63) is 87.9 Å². The largest absolute Gasteiger partial charge is 0.355 e. The summed E-state index contributed by atoms with van der Waals surface area (Å²) in [6.45, 7) is 14.7. The third kappa shape index (κ3) is 6.73. The lowest BCUT2D eigenvalue weighted by Gasteiger charge is -2.37. The number of nitriles is 1. The molecule has 1 aromatic heterocycles. The van der Waals surface area contributed by atoms with E-state index < -0.39 is 5.41 Å². The number of hydrogen-bond acceptors (Lipinski definition) is 8. The molecule has 52 heavy (non-hydrogen) atoms. The average molecular weight is 704 g/mol. The molecule has 4 heterocycles. The zero-order chi connectivity index (χ0) is 36.4. The Morgan fingerprint density at radius 2 is 1.50 bits per heavy atom. The van der Waals surface area contributed by atoms with Crippen molar-refractivity contribution in [3.8, 4) is 6.07 Å². The molecule has 11 heteroatoms. The number of carbonyl (C=O) groups is 2. The van der Waals surface area contributed by atoms with E-state index in [0.29, 0.717) is 48.7 Å². The summed E-state index contributed by atoms with van der Waals surface area (Å²) in [4.78, 5) is 33.7. The summed E-state index contributed by atoms with van der Waals surface area (Å²) in [7, 11) is 0. The number of aromatic nitrogens is 4. The smallest absolute Gasteiger partial charge is 0.253 e. The highest BCUT2D eigenvalue weighted by Gasteiger charge is 2.46. The number of H-pyrrole nitrogens is 1. The van der Waals surface area contributed by atoms with Gasteiger partial charge < -0.3 is 20.0 Å². The fourth-order valence-corrected chi connectivity index (χ4v) is 9.33. The van der Waals surface area contributed by atoms with E-state index in [-0.39, 0.29) is 29.9 Å². The highest BCUT2D eigenvalue weighted by molar-refractivity contribution is 5.95. The number of nitrogens with zero attached hydrogens (tertiary/aromatic N) is 7. The minimum absolute atomic E-state index is 0.0470. The van der Waals surface area contributed by atoms with Gasteiger partial charge in [-0.1, -0.05) is 30.8 Å². The van der Waals surface area contributed by atoms with Gasteiger partial charge in [0.15, 0.2) is 5.82 Å². The molecule has 7 rings (SSSR count). The summed E-state index contributed by atoms with van der Waals surface area (Å²) in [5, 5.41) is 29.8. The second-order valence-electron chi connectivity index (χ2n) is 15.6.